The first kappa shape index (κ1) is 11.0. The van der Waals surface area contributed by atoms with Crippen molar-refractivity contribution in [1.29, 1.82) is 0 Å². The SMILES string of the molecule is CCc1ccccc1/C=C\CCNC. The second kappa shape index (κ2) is 6.39. The van der Waals surface area contributed by atoms with Gasteiger partial charge < -0.3 is 5.32 Å². The molecule has 1 aromatic rings. The van der Waals surface area contributed by atoms with Crippen LogP contribution in [0.3, 0.4) is 0 Å². The van der Waals surface area contributed by atoms with E-state index in [0.717, 1.165) is 19.4 Å². The lowest BCUT2D eigenvalue weighted by Gasteiger charge is -2.01. The molecule has 0 saturated heterocycles. The van der Waals surface area contributed by atoms with Crippen LogP contribution in [-0.2, 0) is 6.42 Å². The Morgan fingerprint density at radius 3 is 2.79 bits per heavy atom. The van der Waals surface area contributed by atoms with E-state index in [-0.39, 0.29) is 0 Å². The van der Waals surface area contributed by atoms with Crippen molar-refractivity contribution in [1.82, 2.24) is 5.32 Å². The quantitative estimate of drug-likeness (QED) is 0.702. The molecule has 0 aromatic heterocycles. The lowest BCUT2D eigenvalue weighted by molar-refractivity contribution is 0.809. The summed E-state index contributed by atoms with van der Waals surface area (Å²) >= 11 is 0. The Bertz CT molecular complexity index is 289. The second-order valence-corrected chi connectivity index (χ2v) is 3.35. The van der Waals surface area contributed by atoms with Gasteiger partial charge in [0.05, 0.1) is 0 Å². The Labute approximate surface area is 86.8 Å². The van der Waals surface area contributed by atoms with Gasteiger partial charge in [-0.3, -0.25) is 0 Å². The monoisotopic (exact) mass is 189 g/mol. The normalized spacial score (nSPS) is 11.0. The highest BCUT2D eigenvalue weighted by Crippen LogP contribution is 2.11. The van der Waals surface area contributed by atoms with Crippen molar-refractivity contribution in [2.75, 3.05) is 13.6 Å². The van der Waals surface area contributed by atoms with Gasteiger partial charge >= 0.3 is 0 Å². The second-order valence-electron chi connectivity index (χ2n) is 3.35. The van der Waals surface area contributed by atoms with Crippen LogP contribution in [0.5, 0.6) is 0 Å². The zero-order valence-corrected chi connectivity index (χ0v) is 9.09. The Hall–Kier alpha value is -1.08. The van der Waals surface area contributed by atoms with Crippen molar-refractivity contribution in [3.63, 3.8) is 0 Å². The van der Waals surface area contributed by atoms with Gasteiger partial charge in [-0.25, -0.2) is 0 Å². The standard InChI is InChI=1S/C13H19N/c1-3-12-8-4-5-9-13(12)10-6-7-11-14-2/h4-6,8-10,14H,3,7,11H2,1-2H3/b10-6-. The molecule has 0 saturated carbocycles. The summed E-state index contributed by atoms with van der Waals surface area (Å²) in [4.78, 5) is 0. The smallest absolute Gasteiger partial charge is 0.00172 e. The molecule has 14 heavy (non-hydrogen) atoms. The van der Waals surface area contributed by atoms with Crippen LogP contribution in [0.15, 0.2) is 30.3 Å². The van der Waals surface area contributed by atoms with E-state index in [9.17, 15) is 0 Å². The van der Waals surface area contributed by atoms with Gasteiger partial charge in [-0.05, 0) is 37.6 Å². The van der Waals surface area contributed by atoms with Gasteiger partial charge in [0.1, 0.15) is 0 Å². The van der Waals surface area contributed by atoms with Gasteiger partial charge in [-0.1, -0.05) is 43.3 Å². The minimum absolute atomic E-state index is 1.05. The van der Waals surface area contributed by atoms with E-state index in [0.29, 0.717) is 0 Å². The Morgan fingerprint density at radius 2 is 2.07 bits per heavy atom. The summed E-state index contributed by atoms with van der Waals surface area (Å²) in [5.41, 5.74) is 2.78. The molecule has 0 aliphatic rings. The summed E-state index contributed by atoms with van der Waals surface area (Å²) < 4.78 is 0. The van der Waals surface area contributed by atoms with Crippen molar-refractivity contribution in [2.24, 2.45) is 0 Å². The van der Waals surface area contributed by atoms with Gasteiger partial charge in [0.2, 0.25) is 0 Å². The summed E-state index contributed by atoms with van der Waals surface area (Å²) in [6.45, 7) is 3.24. The lowest BCUT2D eigenvalue weighted by Crippen LogP contribution is -2.05. The van der Waals surface area contributed by atoms with Crippen LogP contribution in [-0.4, -0.2) is 13.6 Å². The molecule has 0 amide bonds. The van der Waals surface area contributed by atoms with E-state index in [2.05, 4.69) is 48.7 Å². The largest absolute Gasteiger partial charge is 0.319 e. The van der Waals surface area contributed by atoms with E-state index >= 15 is 0 Å². The van der Waals surface area contributed by atoms with E-state index in [1.54, 1.807) is 0 Å². The fraction of sp³-hybridized carbons (Fsp3) is 0.385. The topological polar surface area (TPSA) is 12.0 Å². The fourth-order valence-corrected chi connectivity index (χ4v) is 1.46. The van der Waals surface area contributed by atoms with Gasteiger partial charge in [-0.2, -0.15) is 0 Å². The van der Waals surface area contributed by atoms with Gasteiger partial charge in [0, 0.05) is 0 Å². The highest BCUT2D eigenvalue weighted by molar-refractivity contribution is 5.53. The van der Waals surface area contributed by atoms with Crippen LogP contribution < -0.4 is 5.32 Å². The zero-order chi connectivity index (χ0) is 10.2. The zero-order valence-electron chi connectivity index (χ0n) is 9.09. The highest BCUT2D eigenvalue weighted by atomic mass is 14.8. The van der Waals surface area contributed by atoms with Crippen molar-refractivity contribution in [2.45, 2.75) is 19.8 Å². The van der Waals surface area contributed by atoms with Crippen LogP contribution in [0.4, 0.5) is 0 Å². The van der Waals surface area contributed by atoms with Gasteiger partial charge in [-0.15, -0.1) is 0 Å². The van der Waals surface area contributed by atoms with Gasteiger partial charge in [0.15, 0.2) is 0 Å². The first-order valence-electron chi connectivity index (χ1n) is 5.27. The Kier molecular flexibility index (Phi) is 5.02. The van der Waals surface area contributed by atoms with Gasteiger partial charge in [0.25, 0.3) is 0 Å². The molecule has 1 rings (SSSR count). The molecule has 0 aliphatic heterocycles. The van der Waals surface area contributed by atoms with Crippen molar-refractivity contribution in [3.05, 3.63) is 41.5 Å². The molecule has 0 atom stereocenters. The minimum atomic E-state index is 1.05. The highest BCUT2D eigenvalue weighted by Gasteiger charge is 1.93. The van der Waals surface area contributed by atoms with E-state index in [1.807, 2.05) is 7.05 Å². The molecule has 1 N–H and O–H groups in total. The van der Waals surface area contributed by atoms with E-state index in [1.165, 1.54) is 11.1 Å². The van der Waals surface area contributed by atoms with Crippen molar-refractivity contribution >= 4 is 6.08 Å². The molecule has 0 radical (unpaired) electrons. The molecule has 0 aliphatic carbocycles. The predicted molar refractivity (Wildman–Crippen MR) is 63.4 cm³/mol. The summed E-state index contributed by atoms with van der Waals surface area (Å²) in [7, 11) is 1.98. The minimum Gasteiger partial charge on any atom is -0.319 e. The van der Waals surface area contributed by atoms with Crippen molar-refractivity contribution < 1.29 is 0 Å². The molecule has 76 valence electrons. The van der Waals surface area contributed by atoms with Crippen molar-refractivity contribution in [3.8, 4) is 0 Å². The molecule has 1 aromatic carbocycles. The first-order valence-corrected chi connectivity index (χ1v) is 5.27. The number of rotatable bonds is 5. The molecule has 0 heterocycles. The maximum atomic E-state index is 3.13. The Morgan fingerprint density at radius 1 is 1.29 bits per heavy atom. The average Bonchev–Trinajstić information content (AvgIpc) is 2.25. The number of benzene rings is 1. The molecule has 0 fully saturated rings. The summed E-state index contributed by atoms with van der Waals surface area (Å²) in [6.07, 6.45) is 6.64. The summed E-state index contributed by atoms with van der Waals surface area (Å²) in [6, 6.07) is 8.56. The van der Waals surface area contributed by atoms with Crippen LogP contribution in [0.25, 0.3) is 6.08 Å². The molecule has 1 heteroatoms. The van der Waals surface area contributed by atoms with Crippen LogP contribution in [0.1, 0.15) is 24.5 Å². The number of aryl methyl sites for hydroxylation is 1. The number of hydrogen-bond acceptors (Lipinski definition) is 1. The third-order valence-corrected chi connectivity index (χ3v) is 2.29. The number of nitrogens with one attached hydrogen (secondary N) is 1. The molecule has 0 bridgehead atoms. The van der Waals surface area contributed by atoms with E-state index in [4.69, 9.17) is 0 Å². The average molecular weight is 189 g/mol. The molecule has 0 spiro atoms. The molecule has 1 nitrogen and oxygen atoms in total. The molecular formula is C13H19N. The third kappa shape index (κ3) is 3.35. The van der Waals surface area contributed by atoms with Crippen LogP contribution in [0, 0.1) is 0 Å². The van der Waals surface area contributed by atoms with Crippen LogP contribution >= 0.6 is 0 Å². The molecule has 0 unspecified atom stereocenters. The Balaban J connectivity index is 2.61. The van der Waals surface area contributed by atoms with E-state index < -0.39 is 0 Å². The predicted octanol–water partition coefficient (Wildman–Crippen LogP) is 2.87. The first-order chi connectivity index (χ1) is 6.88. The molecular weight excluding hydrogens is 170 g/mol. The fourth-order valence-electron chi connectivity index (χ4n) is 1.46. The maximum absolute atomic E-state index is 3.13. The maximum Gasteiger partial charge on any atom is -0.00172 e. The lowest BCUT2D eigenvalue weighted by atomic mass is 10.0. The summed E-state index contributed by atoms with van der Waals surface area (Å²) in [5, 5.41) is 3.13. The number of hydrogen-bond donors (Lipinski definition) is 1. The third-order valence-electron chi connectivity index (χ3n) is 2.29. The van der Waals surface area contributed by atoms with Crippen LogP contribution in [0.2, 0.25) is 0 Å². The summed E-state index contributed by atoms with van der Waals surface area (Å²) in [5.74, 6) is 0.